The average molecular weight is 367 g/mol. The lowest BCUT2D eigenvalue weighted by molar-refractivity contribution is 0.0600. The van der Waals surface area contributed by atoms with Gasteiger partial charge in [0, 0.05) is 5.56 Å². The third-order valence-corrected chi connectivity index (χ3v) is 4.69. The van der Waals surface area contributed by atoms with Crippen LogP contribution in [-0.4, -0.2) is 23.0 Å². The topological polar surface area (TPSA) is 68.1 Å². The number of fused-ring (bicyclic) bond motifs is 1. The molecule has 0 spiro atoms. The van der Waals surface area contributed by atoms with Gasteiger partial charge in [0.05, 0.1) is 23.2 Å². The largest absolute Gasteiger partial charge is 0.465 e. The van der Waals surface area contributed by atoms with Crippen molar-refractivity contribution >= 4 is 28.6 Å². The number of ether oxygens (including phenoxy) is 1. The van der Waals surface area contributed by atoms with Gasteiger partial charge < -0.3 is 14.1 Å². The lowest BCUT2D eigenvalue weighted by Crippen LogP contribution is -2.00. The number of imidazole rings is 1. The molecule has 0 aliphatic carbocycles. The maximum Gasteiger partial charge on any atom is 0.337 e. The van der Waals surface area contributed by atoms with E-state index >= 15 is 0 Å². The molecule has 6 heteroatoms. The summed E-state index contributed by atoms with van der Waals surface area (Å²) in [7, 11) is 1.36. The van der Waals surface area contributed by atoms with Crippen LogP contribution in [0.25, 0.3) is 33.9 Å². The van der Waals surface area contributed by atoms with Gasteiger partial charge in [-0.15, -0.1) is 0 Å². The van der Waals surface area contributed by atoms with Crippen LogP contribution in [0.4, 0.5) is 0 Å². The van der Waals surface area contributed by atoms with Gasteiger partial charge in [0.2, 0.25) is 0 Å². The van der Waals surface area contributed by atoms with E-state index < -0.39 is 0 Å². The number of H-pyrrole nitrogens is 1. The molecule has 4 aromatic rings. The minimum absolute atomic E-state index is 0.369. The van der Waals surface area contributed by atoms with Crippen LogP contribution in [0.5, 0.6) is 0 Å². The Labute approximate surface area is 154 Å². The summed E-state index contributed by atoms with van der Waals surface area (Å²) in [5, 5.41) is 0.634. The number of esters is 1. The normalized spacial score (nSPS) is 11.0. The summed E-state index contributed by atoms with van der Waals surface area (Å²) in [5.41, 5.74) is 3.90. The number of aryl methyl sites for hydroxylation is 1. The smallest absolute Gasteiger partial charge is 0.337 e. The standard InChI is InChI=1S/C20H15ClN2O3/c1-11-3-8-14-18(17(11)21)23-19(22-14)16-10-9-15(26-16)12-4-6-13(7-5-12)20(24)25-2/h3-10H,1-2H3,(H,22,23). The van der Waals surface area contributed by atoms with Crippen molar-refractivity contribution in [2.24, 2.45) is 0 Å². The van der Waals surface area contributed by atoms with E-state index in [1.165, 1.54) is 7.11 Å². The van der Waals surface area contributed by atoms with Gasteiger partial charge in [0.1, 0.15) is 11.3 Å². The number of methoxy groups -OCH3 is 1. The Morgan fingerprint density at radius 3 is 2.54 bits per heavy atom. The van der Waals surface area contributed by atoms with Gasteiger partial charge in [-0.2, -0.15) is 0 Å². The number of hydrogen-bond acceptors (Lipinski definition) is 4. The van der Waals surface area contributed by atoms with E-state index in [1.807, 2.05) is 43.3 Å². The molecule has 0 unspecified atom stereocenters. The van der Waals surface area contributed by atoms with E-state index in [0.717, 1.165) is 22.2 Å². The Kier molecular flexibility index (Phi) is 4.01. The molecule has 0 radical (unpaired) electrons. The van der Waals surface area contributed by atoms with E-state index in [0.29, 0.717) is 27.9 Å². The number of rotatable bonds is 3. The highest BCUT2D eigenvalue weighted by molar-refractivity contribution is 6.35. The maximum absolute atomic E-state index is 11.5. The van der Waals surface area contributed by atoms with Gasteiger partial charge >= 0.3 is 5.97 Å². The lowest BCUT2D eigenvalue weighted by atomic mass is 10.1. The molecule has 0 fully saturated rings. The molecular weight excluding hydrogens is 352 g/mol. The molecule has 4 rings (SSSR count). The highest BCUT2D eigenvalue weighted by Crippen LogP contribution is 2.31. The lowest BCUT2D eigenvalue weighted by Gasteiger charge is -2.00. The minimum atomic E-state index is -0.369. The van der Waals surface area contributed by atoms with Crippen LogP contribution in [0, 0.1) is 6.92 Å². The fourth-order valence-electron chi connectivity index (χ4n) is 2.77. The molecule has 0 amide bonds. The molecule has 2 heterocycles. The summed E-state index contributed by atoms with van der Waals surface area (Å²) in [6, 6.07) is 14.6. The molecular formula is C20H15ClN2O3. The number of halogens is 1. The number of aromatic amines is 1. The predicted octanol–water partition coefficient (Wildman–Crippen LogP) is 5.24. The maximum atomic E-state index is 11.5. The molecule has 0 saturated heterocycles. The molecule has 0 aliphatic heterocycles. The quantitative estimate of drug-likeness (QED) is 0.503. The second-order valence-corrected chi connectivity index (χ2v) is 6.29. The number of nitrogens with zero attached hydrogens (tertiary/aromatic N) is 1. The Morgan fingerprint density at radius 1 is 1.08 bits per heavy atom. The number of aromatic nitrogens is 2. The molecule has 2 aromatic heterocycles. The fraction of sp³-hybridized carbons (Fsp3) is 0.100. The van der Waals surface area contributed by atoms with Gasteiger partial charge in [-0.1, -0.05) is 29.8 Å². The van der Waals surface area contributed by atoms with Crippen LogP contribution in [0.2, 0.25) is 5.02 Å². The Hall–Kier alpha value is -3.05. The zero-order valence-electron chi connectivity index (χ0n) is 14.2. The van der Waals surface area contributed by atoms with Crippen molar-refractivity contribution in [3.8, 4) is 22.9 Å². The van der Waals surface area contributed by atoms with Crippen molar-refractivity contribution in [2.75, 3.05) is 7.11 Å². The van der Waals surface area contributed by atoms with Crippen LogP contribution in [0.15, 0.2) is 52.9 Å². The summed E-state index contributed by atoms with van der Waals surface area (Å²) in [6.07, 6.45) is 0. The van der Waals surface area contributed by atoms with Crippen molar-refractivity contribution < 1.29 is 13.9 Å². The fourth-order valence-corrected chi connectivity index (χ4v) is 2.98. The molecule has 26 heavy (non-hydrogen) atoms. The number of carbonyl (C=O) groups is 1. The number of hydrogen-bond donors (Lipinski definition) is 1. The van der Waals surface area contributed by atoms with E-state index in [1.54, 1.807) is 12.1 Å². The summed E-state index contributed by atoms with van der Waals surface area (Å²) < 4.78 is 10.6. The highest BCUT2D eigenvalue weighted by atomic mass is 35.5. The summed E-state index contributed by atoms with van der Waals surface area (Å²) >= 11 is 6.33. The van der Waals surface area contributed by atoms with Crippen molar-refractivity contribution in [1.29, 1.82) is 0 Å². The summed E-state index contributed by atoms with van der Waals surface area (Å²) in [6.45, 7) is 1.94. The number of furan rings is 1. The molecule has 2 aromatic carbocycles. The number of nitrogens with one attached hydrogen (secondary N) is 1. The van der Waals surface area contributed by atoms with Crippen LogP contribution in [-0.2, 0) is 4.74 Å². The van der Waals surface area contributed by atoms with E-state index in [2.05, 4.69) is 9.97 Å². The van der Waals surface area contributed by atoms with Crippen LogP contribution >= 0.6 is 11.6 Å². The SMILES string of the molecule is COC(=O)c1ccc(-c2ccc(-c3nc4c(Cl)c(C)ccc4[nH]3)o2)cc1. The van der Waals surface area contributed by atoms with E-state index in [9.17, 15) is 4.79 Å². The molecule has 0 aliphatic rings. The van der Waals surface area contributed by atoms with Gasteiger partial charge in [-0.25, -0.2) is 9.78 Å². The molecule has 0 bridgehead atoms. The van der Waals surface area contributed by atoms with Crippen molar-refractivity contribution in [3.63, 3.8) is 0 Å². The molecule has 130 valence electrons. The van der Waals surface area contributed by atoms with Crippen LogP contribution in [0.1, 0.15) is 15.9 Å². The molecule has 1 N–H and O–H groups in total. The first-order valence-corrected chi connectivity index (χ1v) is 8.38. The molecule has 5 nitrogen and oxygen atoms in total. The second kappa shape index (κ2) is 6.35. The van der Waals surface area contributed by atoms with Crippen molar-refractivity contribution in [1.82, 2.24) is 9.97 Å². The monoisotopic (exact) mass is 366 g/mol. The molecule has 0 atom stereocenters. The first-order valence-electron chi connectivity index (χ1n) is 8.00. The number of carbonyl (C=O) groups excluding carboxylic acids is 1. The van der Waals surface area contributed by atoms with Crippen molar-refractivity contribution in [2.45, 2.75) is 6.92 Å². The third kappa shape index (κ3) is 2.76. The number of benzene rings is 2. The molecule has 0 saturated carbocycles. The first kappa shape index (κ1) is 16.4. The highest BCUT2D eigenvalue weighted by Gasteiger charge is 2.14. The Balaban J connectivity index is 1.68. The van der Waals surface area contributed by atoms with Gasteiger partial charge in [0.15, 0.2) is 11.6 Å². The van der Waals surface area contributed by atoms with E-state index in [-0.39, 0.29) is 5.97 Å². The first-order chi connectivity index (χ1) is 12.6. The van der Waals surface area contributed by atoms with Gasteiger partial charge in [-0.05, 0) is 42.8 Å². The van der Waals surface area contributed by atoms with Crippen LogP contribution < -0.4 is 0 Å². The minimum Gasteiger partial charge on any atom is -0.465 e. The Morgan fingerprint density at radius 2 is 1.81 bits per heavy atom. The van der Waals surface area contributed by atoms with Crippen LogP contribution in [0.3, 0.4) is 0 Å². The van der Waals surface area contributed by atoms with Crippen molar-refractivity contribution in [3.05, 3.63) is 64.7 Å². The van der Waals surface area contributed by atoms with Gasteiger partial charge in [0.25, 0.3) is 0 Å². The third-order valence-electron chi connectivity index (χ3n) is 4.22. The van der Waals surface area contributed by atoms with E-state index in [4.69, 9.17) is 20.8 Å². The summed E-state index contributed by atoms with van der Waals surface area (Å²) in [4.78, 5) is 19.3. The average Bonchev–Trinajstić information content (AvgIpc) is 3.31. The van der Waals surface area contributed by atoms with Gasteiger partial charge in [-0.3, -0.25) is 0 Å². The zero-order chi connectivity index (χ0) is 18.3. The zero-order valence-corrected chi connectivity index (χ0v) is 14.9. The predicted molar refractivity (Wildman–Crippen MR) is 100 cm³/mol. The Bertz CT molecular complexity index is 1110. The summed E-state index contributed by atoms with van der Waals surface area (Å²) in [5.74, 6) is 1.54. The second-order valence-electron chi connectivity index (χ2n) is 5.91.